The number of carbonyl (C=O) groups is 1. The molecular formula is C26H32Cl2N2O4S. The maximum Gasteiger partial charge on any atom is 0.224 e. The van der Waals surface area contributed by atoms with E-state index in [2.05, 4.69) is 19.2 Å². The lowest BCUT2D eigenvalue weighted by Crippen LogP contribution is -2.49. The third-order valence-electron chi connectivity index (χ3n) is 7.34. The van der Waals surface area contributed by atoms with Crippen molar-refractivity contribution < 1.29 is 17.9 Å². The van der Waals surface area contributed by atoms with Gasteiger partial charge >= 0.3 is 0 Å². The van der Waals surface area contributed by atoms with Crippen LogP contribution in [0.15, 0.2) is 42.5 Å². The Bertz CT molecular complexity index is 1160. The first-order valence-electron chi connectivity index (χ1n) is 12.2. The third-order valence-corrected chi connectivity index (χ3v) is 9.82. The van der Waals surface area contributed by atoms with Gasteiger partial charge in [0.05, 0.1) is 17.7 Å². The van der Waals surface area contributed by atoms with E-state index in [1.807, 2.05) is 24.3 Å². The molecule has 0 spiro atoms. The molecule has 4 rings (SSSR count). The molecule has 0 saturated carbocycles. The monoisotopic (exact) mass is 538 g/mol. The molecule has 0 aromatic heterocycles. The van der Waals surface area contributed by atoms with Crippen LogP contribution < -0.4 is 10.1 Å². The second-order valence-electron chi connectivity index (χ2n) is 9.45. The average Bonchev–Trinajstić information content (AvgIpc) is 2.86. The maximum atomic E-state index is 13.4. The second kappa shape index (κ2) is 10.7. The van der Waals surface area contributed by atoms with Crippen LogP contribution in [0.3, 0.4) is 0 Å². The fourth-order valence-corrected chi connectivity index (χ4v) is 7.43. The van der Waals surface area contributed by atoms with Gasteiger partial charge in [-0.15, -0.1) is 0 Å². The molecule has 35 heavy (non-hydrogen) atoms. The lowest BCUT2D eigenvalue weighted by molar-refractivity contribution is -0.127. The van der Waals surface area contributed by atoms with E-state index >= 15 is 0 Å². The van der Waals surface area contributed by atoms with Gasteiger partial charge in [-0.1, -0.05) is 61.3 Å². The summed E-state index contributed by atoms with van der Waals surface area (Å²) in [5, 5.41) is 3.87. The summed E-state index contributed by atoms with van der Waals surface area (Å²) in [6, 6.07) is 12.6. The van der Waals surface area contributed by atoms with Crippen LogP contribution in [0.4, 0.5) is 0 Å². The molecule has 2 aliphatic heterocycles. The Morgan fingerprint density at radius 2 is 1.80 bits per heavy atom. The van der Waals surface area contributed by atoms with Crippen LogP contribution in [0.2, 0.25) is 10.0 Å². The molecule has 2 aliphatic rings. The number of carbonyl (C=O) groups excluding carboxylic acids is 1. The fourth-order valence-electron chi connectivity index (χ4n) is 5.07. The van der Waals surface area contributed by atoms with Crippen molar-refractivity contribution in [3.63, 3.8) is 0 Å². The molecule has 190 valence electrons. The van der Waals surface area contributed by atoms with Crippen molar-refractivity contribution in [1.82, 2.24) is 9.62 Å². The zero-order chi connectivity index (χ0) is 25.2. The maximum absolute atomic E-state index is 13.4. The number of rotatable bonds is 7. The minimum atomic E-state index is -3.69. The topological polar surface area (TPSA) is 75.7 Å². The van der Waals surface area contributed by atoms with Crippen LogP contribution in [-0.4, -0.2) is 37.3 Å². The molecule has 2 aromatic rings. The molecule has 0 unspecified atom stereocenters. The Balaban J connectivity index is 1.49. The molecule has 0 radical (unpaired) electrons. The largest absolute Gasteiger partial charge is 0.487 e. The summed E-state index contributed by atoms with van der Waals surface area (Å²) in [5.74, 6) is -0.0310. The summed E-state index contributed by atoms with van der Waals surface area (Å²) in [6.45, 7) is 4.73. The quantitative estimate of drug-likeness (QED) is 0.488. The standard InChI is InChI=1S/C26H32Cl2N2O4S/c1-3-26(4-2)15-23(19-10-5-6-13-24(19)34-26)29-25(31)18-9-8-14-30(16-18)35(32,33)17-20-21(27)11-7-12-22(20)28/h5-7,10-13,18,23H,3-4,8-9,14-17H2,1-2H3,(H,29,31)/t18-,23-/m0/s1. The van der Waals surface area contributed by atoms with Crippen molar-refractivity contribution in [1.29, 1.82) is 0 Å². The van der Waals surface area contributed by atoms with Crippen LogP contribution in [0.1, 0.15) is 63.1 Å². The molecule has 2 atom stereocenters. The normalized spacial score (nSPS) is 22.2. The van der Waals surface area contributed by atoms with Gasteiger partial charge in [-0.2, -0.15) is 0 Å². The van der Waals surface area contributed by atoms with Gasteiger partial charge in [-0.05, 0) is 43.9 Å². The van der Waals surface area contributed by atoms with E-state index < -0.39 is 15.9 Å². The molecule has 0 aliphatic carbocycles. The average molecular weight is 540 g/mol. The van der Waals surface area contributed by atoms with Crippen LogP contribution in [0.25, 0.3) is 0 Å². The molecule has 1 fully saturated rings. The molecule has 1 amide bonds. The number of ether oxygens (including phenoxy) is 1. The van der Waals surface area contributed by atoms with Crippen molar-refractivity contribution in [3.8, 4) is 5.75 Å². The number of fused-ring (bicyclic) bond motifs is 1. The smallest absolute Gasteiger partial charge is 0.224 e. The van der Waals surface area contributed by atoms with Gasteiger partial charge in [-0.3, -0.25) is 4.79 Å². The highest BCUT2D eigenvalue weighted by Gasteiger charge is 2.40. The van der Waals surface area contributed by atoms with Gasteiger partial charge < -0.3 is 10.1 Å². The van der Waals surface area contributed by atoms with Crippen molar-refractivity contribution in [2.24, 2.45) is 5.92 Å². The highest BCUT2D eigenvalue weighted by atomic mass is 35.5. The molecule has 2 heterocycles. The van der Waals surface area contributed by atoms with E-state index in [0.717, 1.165) is 24.2 Å². The van der Waals surface area contributed by atoms with Gasteiger partial charge in [0, 0.05) is 40.7 Å². The summed E-state index contributed by atoms with van der Waals surface area (Å²) in [6.07, 6.45) is 3.62. The lowest BCUT2D eigenvalue weighted by Gasteiger charge is -2.42. The minimum Gasteiger partial charge on any atom is -0.487 e. The van der Waals surface area contributed by atoms with E-state index in [1.54, 1.807) is 18.2 Å². The van der Waals surface area contributed by atoms with Crippen molar-refractivity contribution in [2.75, 3.05) is 13.1 Å². The number of hydrogen-bond donors (Lipinski definition) is 1. The van der Waals surface area contributed by atoms with Crippen LogP contribution in [0, 0.1) is 5.92 Å². The Labute approximate surface area is 218 Å². The predicted octanol–water partition coefficient (Wildman–Crippen LogP) is 5.73. The SMILES string of the molecule is CCC1(CC)C[C@H](NC(=O)[C@H]2CCCN(S(=O)(=O)Cc3c(Cl)cccc3Cl)C2)c2ccccc2O1. The summed E-state index contributed by atoms with van der Waals surface area (Å²) < 4.78 is 34.2. The van der Waals surface area contributed by atoms with E-state index in [1.165, 1.54) is 4.31 Å². The molecule has 6 nitrogen and oxygen atoms in total. The van der Waals surface area contributed by atoms with E-state index in [9.17, 15) is 13.2 Å². The zero-order valence-corrected chi connectivity index (χ0v) is 22.4. The number of nitrogens with one attached hydrogen (secondary N) is 1. The van der Waals surface area contributed by atoms with E-state index in [0.29, 0.717) is 41.4 Å². The molecule has 0 bridgehead atoms. The number of benzene rings is 2. The number of amides is 1. The number of para-hydroxylation sites is 1. The van der Waals surface area contributed by atoms with Crippen molar-refractivity contribution >= 4 is 39.1 Å². The molecular weight excluding hydrogens is 507 g/mol. The van der Waals surface area contributed by atoms with Gasteiger partial charge in [0.2, 0.25) is 15.9 Å². The van der Waals surface area contributed by atoms with Gasteiger partial charge in [0.15, 0.2) is 0 Å². The van der Waals surface area contributed by atoms with Crippen molar-refractivity contribution in [3.05, 3.63) is 63.6 Å². The molecule has 1 saturated heterocycles. The number of hydrogen-bond acceptors (Lipinski definition) is 4. The summed E-state index contributed by atoms with van der Waals surface area (Å²) in [5.41, 5.74) is 1.02. The van der Waals surface area contributed by atoms with Crippen molar-refractivity contribution in [2.45, 2.75) is 63.3 Å². The summed E-state index contributed by atoms with van der Waals surface area (Å²) >= 11 is 12.4. The highest BCUT2D eigenvalue weighted by molar-refractivity contribution is 7.88. The predicted molar refractivity (Wildman–Crippen MR) is 139 cm³/mol. The Kier molecular flexibility index (Phi) is 8.01. The fraction of sp³-hybridized carbons (Fsp3) is 0.500. The van der Waals surface area contributed by atoms with Gasteiger partial charge in [0.25, 0.3) is 0 Å². The minimum absolute atomic E-state index is 0.122. The molecule has 1 N–H and O–H groups in total. The molecule has 2 aromatic carbocycles. The summed E-state index contributed by atoms with van der Waals surface area (Å²) in [4.78, 5) is 13.4. The number of halogens is 2. The van der Waals surface area contributed by atoms with E-state index in [-0.39, 0.29) is 29.8 Å². The number of nitrogens with zero attached hydrogens (tertiary/aromatic N) is 1. The summed E-state index contributed by atoms with van der Waals surface area (Å²) in [7, 11) is -3.69. The lowest BCUT2D eigenvalue weighted by atomic mass is 9.83. The van der Waals surface area contributed by atoms with Gasteiger partial charge in [0.1, 0.15) is 11.4 Å². The Morgan fingerprint density at radius 3 is 2.49 bits per heavy atom. The Hall–Kier alpha value is -1.80. The number of piperidine rings is 1. The third kappa shape index (κ3) is 5.63. The van der Waals surface area contributed by atoms with E-state index in [4.69, 9.17) is 27.9 Å². The van der Waals surface area contributed by atoms with Crippen LogP contribution in [0.5, 0.6) is 5.75 Å². The van der Waals surface area contributed by atoms with Crippen LogP contribution in [-0.2, 0) is 20.6 Å². The first-order chi connectivity index (χ1) is 16.7. The first kappa shape index (κ1) is 26.3. The first-order valence-corrected chi connectivity index (χ1v) is 14.5. The number of sulfonamides is 1. The second-order valence-corrected chi connectivity index (χ2v) is 12.2. The Morgan fingerprint density at radius 1 is 1.11 bits per heavy atom. The zero-order valence-electron chi connectivity index (χ0n) is 20.1. The van der Waals surface area contributed by atoms with Crippen LogP contribution >= 0.6 is 23.2 Å². The van der Waals surface area contributed by atoms with Gasteiger partial charge in [-0.25, -0.2) is 12.7 Å². The highest BCUT2D eigenvalue weighted by Crippen LogP contribution is 2.43. The molecule has 9 heteroatoms.